The predicted octanol–water partition coefficient (Wildman–Crippen LogP) is 2.45. The molecule has 2 amide bonds. The molecule has 0 saturated carbocycles. The number of nitrogens with one attached hydrogen (secondary N) is 1. The summed E-state index contributed by atoms with van der Waals surface area (Å²) in [7, 11) is 3.25. The van der Waals surface area contributed by atoms with Crippen molar-refractivity contribution in [2.75, 3.05) is 26.0 Å². The van der Waals surface area contributed by atoms with Crippen molar-refractivity contribution in [3.05, 3.63) is 36.4 Å². The lowest BCUT2D eigenvalue weighted by molar-refractivity contribution is -0.133. The van der Waals surface area contributed by atoms with Crippen LogP contribution in [0, 0.1) is 5.92 Å². The van der Waals surface area contributed by atoms with Gasteiger partial charge in [0.1, 0.15) is 5.75 Å². The number of amides is 2. The fourth-order valence-corrected chi connectivity index (χ4v) is 2.42. The number of likely N-dealkylation sites (N-methyl/N-ethyl adjacent to an activating group) is 1. The Balaban J connectivity index is 1.79. The Hall–Kier alpha value is -2.30. The standard InChI is InChI=1S/C17H22N2O3/c1-19(17(21)11-13-5-3-4-6-13)12-16(20)18-14-7-9-15(22-2)10-8-14/h3,5,7-10,13H,4,6,11-12H2,1-2H3,(H,18,20)/t13-/m1/s1. The quantitative estimate of drug-likeness (QED) is 0.821. The highest BCUT2D eigenvalue weighted by Crippen LogP contribution is 2.21. The van der Waals surface area contributed by atoms with Crippen LogP contribution in [-0.4, -0.2) is 37.4 Å². The maximum atomic E-state index is 12.1. The number of carbonyl (C=O) groups is 2. The zero-order valence-corrected chi connectivity index (χ0v) is 13.0. The van der Waals surface area contributed by atoms with Gasteiger partial charge < -0.3 is 15.0 Å². The average molecular weight is 302 g/mol. The second kappa shape index (κ2) is 7.64. The Morgan fingerprint density at radius 3 is 2.64 bits per heavy atom. The van der Waals surface area contributed by atoms with Crippen molar-refractivity contribution in [2.24, 2.45) is 5.92 Å². The molecule has 1 N–H and O–H groups in total. The fourth-order valence-electron chi connectivity index (χ4n) is 2.42. The van der Waals surface area contributed by atoms with Crippen LogP contribution in [0.3, 0.4) is 0 Å². The van der Waals surface area contributed by atoms with Crippen molar-refractivity contribution in [3.8, 4) is 5.75 Å². The molecule has 0 bridgehead atoms. The summed E-state index contributed by atoms with van der Waals surface area (Å²) in [5.41, 5.74) is 0.686. The van der Waals surface area contributed by atoms with Gasteiger partial charge in [-0.25, -0.2) is 0 Å². The van der Waals surface area contributed by atoms with Gasteiger partial charge in [0, 0.05) is 19.2 Å². The molecule has 5 nitrogen and oxygen atoms in total. The molecule has 5 heteroatoms. The highest BCUT2D eigenvalue weighted by atomic mass is 16.5. The molecule has 118 valence electrons. The lowest BCUT2D eigenvalue weighted by Gasteiger charge is -2.18. The summed E-state index contributed by atoms with van der Waals surface area (Å²) in [4.78, 5) is 25.5. The zero-order valence-electron chi connectivity index (χ0n) is 13.0. The lowest BCUT2D eigenvalue weighted by Crippen LogP contribution is -2.35. The Bertz CT molecular complexity index is 552. The second-order valence-corrected chi connectivity index (χ2v) is 5.50. The molecular formula is C17H22N2O3. The van der Waals surface area contributed by atoms with Gasteiger partial charge in [0.05, 0.1) is 13.7 Å². The molecular weight excluding hydrogens is 280 g/mol. The number of hydrogen-bond donors (Lipinski definition) is 1. The SMILES string of the molecule is COc1ccc(NC(=O)CN(C)C(=O)C[C@@H]2C=CCC2)cc1. The Morgan fingerprint density at radius 2 is 2.05 bits per heavy atom. The maximum Gasteiger partial charge on any atom is 0.243 e. The van der Waals surface area contributed by atoms with E-state index in [1.165, 1.54) is 4.90 Å². The van der Waals surface area contributed by atoms with Gasteiger partial charge in [-0.15, -0.1) is 0 Å². The van der Waals surface area contributed by atoms with E-state index < -0.39 is 0 Å². The number of ether oxygens (including phenoxy) is 1. The molecule has 1 atom stereocenters. The predicted molar refractivity (Wildman–Crippen MR) is 85.7 cm³/mol. The number of methoxy groups -OCH3 is 1. The van der Waals surface area contributed by atoms with E-state index in [9.17, 15) is 9.59 Å². The van der Waals surface area contributed by atoms with E-state index in [1.807, 2.05) is 0 Å². The van der Waals surface area contributed by atoms with Crippen LogP contribution in [0.2, 0.25) is 0 Å². The number of carbonyl (C=O) groups excluding carboxylic acids is 2. The average Bonchev–Trinajstić information content (AvgIpc) is 3.00. The Morgan fingerprint density at radius 1 is 1.32 bits per heavy atom. The third kappa shape index (κ3) is 4.62. The van der Waals surface area contributed by atoms with Crippen LogP contribution in [0.5, 0.6) is 5.75 Å². The minimum absolute atomic E-state index is 0.00132. The van der Waals surface area contributed by atoms with Crippen molar-refractivity contribution >= 4 is 17.5 Å². The molecule has 2 rings (SSSR count). The number of rotatable bonds is 6. The van der Waals surface area contributed by atoms with Gasteiger partial charge >= 0.3 is 0 Å². The topological polar surface area (TPSA) is 58.6 Å². The summed E-state index contributed by atoms with van der Waals surface area (Å²) in [6, 6.07) is 7.08. The fraction of sp³-hybridized carbons (Fsp3) is 0.412. The first-order valence-electron chi connectivity index (χ1n) is 7.43. The van der Waals surface area contributed by atoms with Crippen LogP contribution in [0.15, 0.2) is 36.4 Å². The van der Waals surface area contributed by atoms with E-state index in [4.69, 9.17) is 4.74 Å². The lowest BCUT2D eigenvalue weighted by atomic mass is 10.0. The summed E-state index contributed by atoms with van der Waals surface area (Å²) in [6.45, 7) is 0.0568. The van der Waals surface area contributed by atoms with Crippen LogP contribution >= 0.6 is 0 Å². The first-order chi connectivity index (χ1) is 10.6. The molecule has 1 aromatic carbocycles. The molecule has 1 aromatic rings. The van der Waals surface area contributed by atoms with Crippen LogP contribution < -0.4 is 10.1 Å². The Labute approximate surface area is 130 Å². The second-order valence-electron chi connectivity index (χ2n) is 5.50. The van der Waals surface area contributed by atoms with Gasteiger partial charge in [-0.3, -0.25) is 9.59 Å². The molecule has 0 unspecified atom stereocenters. The monoisotopic (exact) mass is 302 g/mol. The molecule has 1 aliphatic rings. The summed E-state index contributed by atoms with van der Waals surface area (Å²) < 4.78 is 5.06. The maximum absolute atomic E-state index is 12.1. The van der Waals surface area contributed by atoms with Crippen molar-refractivity contribution in [2.45, 2.75) is 19.3 Å². The summed E-state index contributed by atoms with van der Waals surface area (Å²) in [6.07, 6.45) is 6.73. The summed E-state index contributed by atoms with van der Waals surface area (Å²) >= 11 is 0. The van der Waals surface area contributed by atoms with Crippen LogP contribution in [0.4, 0.5) is 5.69 Å². The first kappa shape index (κ1) is 16.1. The first-order valence-corrected chi connectivity index (χ1v) is 7.43. The highest BCUT2D eigenvalue weighted by molar-refractivity contribution is 5.94. The van der Waals surface area contributed by atoms with Crippen LogP contribution in [-0.2, 0) is 9.59 Å². The summed E-state index contributed by atoms with van der Waals surface area (Å²) in [5.74, 6) is 0.846. The third-order valence-corrected chi connectivity index (χ3v) is 3.73. The molecule has 0 aromatic heterocycles. The number of nitrogens with zero attached hydrogens (tertiary/aromatic N) is 1. The van der Waals surface area contributed by atoms with Crippen molar-refractivity contribution in [1.82, 2.24) is 4.90 Å². The number of allylic oxidation sites excluding steroid dienone is 2. The van der Waals surface area contributed by atoms with Gasteiger partial charge in [-0.1, -0.05) is 12.2 Å². The smallest absolute Gasteiger partial charge is 0.243 e. The molecule has 0 aliphatic heterocycles. The van der Waals surface area contributed by atoms with Gasteiger partial charge in [0.15, 0.2) is 0 Å². The molecule has 1 aliphatic carbocycles. The van der Waals surface area contributed by atoms with Crippen LogP contribution in [0.1, 0.15) is 19.3 Å². The number of anilines is 1. The summed E-state index contributed by atoms with van der Waals surface area (Å²) in [5, 5.41) is 2.77. The largest absolute Gasteiger partial charge is 0.497 e. The molecule has 0 heterocycles. The molecule has 0 radical (unpaired) electrons. The number of benzene rings is 1. The van der Waals surface area contributed by atoms with Gasteiger partial charge in [-0.2, -0.15) is 0 Å². The van der Waals surface area contributed by atoms with E-state index in [1.54, 1.807) is 38.4 Å². The van der Waals surface area contributed by atoms with E-state index >= 15 is 0 Å². The molecule has 0 fully saturated rings. The third-order valence-electron chi connectivity index (χ3n) is 3.73. The van der Waals surface area contributed by atoms with Gasteiger partial charge in [0.2, 0.25) is 11.8 Å². The van der Waals surface area contributed by atoms with Gasteiger partial charge in [-0.05, 0) is 43.0 Å². The highest BCUT2D eigenvalue weighted by Gasteiger charge is 2.18. The van der Waals surface area contributed by atoms with Crippen molar-refractivity contribution in [3.63, 3.8) is 0 Å². The van der Waals surface area contributed by atoms with Crippen LogP contribution in [0.25, 0.3) is 0 Å². The number of hydrogen-bond acceptors (Lipinski definition) is 3. The van der Waals surface area contributed by atoms with E-state index in [0.29, 0.717) is 18.0 Å². The molecule has 22 heavy (non-hydrogen) atoms. The van der Waals surface area contributed by atoms with E-state index in [2.05, 4.69) is 17.5 Å². The zero-order chi connectivity index (χ0) is 15.9. The van der Waals surface area contributed by atoms with Crippen molar-refractivity contribution in [1.29, 1.82) is 0 Å². The van der Waals surface area contributed by atoms with Crippen molar-refractivity contribution < 1.29 is 14.3 Å². The van der Waals surface area contributed by atoms with E-state index in [0.717, 1.165) is 18.6 Å². The molecule has 0 saturated heterocycles. The molecule has 0 spiro atoms. The minimum Gasteiger partial charge on any atom is -0.497 e. The Kier molecular flexibility index (Phi) is 5.58. The van der Waals surface area contributed by atoms with Gasteiger partial charge in [0.25, 0.3) is 0 Å². The normalized spacial score (nSPS) is 16.4. The minimum atomic E-state index is -0.206. The van der Waals surface area contributed by atoms with E-state index in [-0.39, 0.29) is 18.4 Å².